The number of rotatable bonds is 6. The number of amides is 2. The number of aromatic nitrogens is 2. The van der Waals surface area contributed by atoms with Crippen molar-refractivity contribution in [3.05, 3.63) is 65.6 Å². The van der Waals surface area contributed by atoms with Crippen molar-refractivity contribution in [3.63, 3.8) is 0 Å². The van der Waals surface area contributed by atoms with Gasteiger partial charge in [-0.25, -0.2) is 4.98 Å². The minimum absolute atomic E-state index is 0.00855. The summed E-state index contributed by atoms with van der Waals surface area (Å²) in [5, 5.41) is 0. The van der Waals surface area contributed by atoms with Crippen LogP contribution >= 0.6 is 0 Å². The molecule has 1 aromatic carbocycles. The largest absolute Gasteiger partial charge is 0.486 e. The van der Waals surface area contributed by atoms with Gasteiger partial charge in [-0.05, 0) is 62.3 Å². The lowest BCUT2D eigenvalue weighted by atomic mass is 9.92. The number of hydrogen-bond donors (Lipinski definition) is 0. The first-order valence-electron chi connectivity index (χ1n) is 12.3. The number of carbonyl (C=O) groups excluding carboxylic acids is 2. The molecule has 2 amide bonds. The lowest BCUT2D eigenvalue weighted by Gasteiger charge is -2.32. The zero-order valence-corrected chi connectivity index (χ0v) is 19.8. The monoisotopic (exact) mass is 460 g/mol. The summed E-state index contributed by atoms with van der Waals surface area (Å²) in [6, 6.07) is 11.5. The van der Waals surface area contributed by atoms with Gasteiger partial charge >= 0.3 is 0 Å². The van der Waals surface area contributed by atoms with E-state index in [2.05, 4.69) is 4.98 Å². The molecule has 0 aliphatic carbocycles. The van der Waals surface area contributed by atoms with Crippen molar-refractivity contribution in [1.29, 1.82) is 0 Å². The summed E-state index contributed by atoms with van der Waals surface area (Å²) >= 11 is 0. The van der Waals surface area contributed by atoms with E-state index in [0.717, 1.165) is 55.7 Å². The van der Waals surface area contributed by atoms with E-state index in [1.807, 2.05) is 69.9 Å². The van der Waals surface area contributed by atoms with Gasteiger partial charge in [-0.3, -0.25) is 9.59 Å². The number of hydrogen-bond acceptors (Lipinski definition) is 4. The highest BCUT2D eigenvalue weighted by Crippen LogP contribution is 2.27. The molecule has 2 saturated heterocycles. The van der Waals surface area contributed by atoms with Gasteiger partial charge in [0.1, 0.15) is 18.0 Å². The number of imidazole rings is 1. The number of benzene rings is 1. The Kier molecular flexibility index (Phi) is 6.52. The van der Waals surface area contributed by atoms with Crippen molar-refractivity contribution in [2.24, 2.45) is 5.92 Å². The molecule has 0 N–H and O–H groups in total. The number of carbonyl (C=O) groups is 2. The summed E-state index contributed by atoms with van der Waals surface area (Å²) < 4.78 is 8.05. The molecular formula is C27H32N4O3. The van der Waals surface area contributed by atoms with E-state index < -0.39 is 0 Å². The highest BCUT2D eigenvalue weighted by molar-refractivity contribution is 5.97. The second kappa shape index (κ2) is 9.87. The molecule has 0 bridgehead atoms. The Balaban J connectivity index is 1.19. The molecule has 3 aromatic rings. The van der Waals surface area contributed by atoms with Gasteiger partial charge in [0.15, 0.2) is 0 Å². The minimum Gasteiger partial charge on any atom is -0.486 e. The zero-order chi connectivity index (χ0) is 23.5. The number of pyridine rings is 1. The van der Waals surface area contributed by atoms with Gasteiger partial charge in [0.05, 0.1) is 11.3 Å². The van der Waals surface area contributed by atoms with E-state index in [9.17, 15) is 9.59 Å². The molecule has 2 aromatic heterocycles. The molecule has 0 atom stereocenters. The number of para-hydroxylation sites is 1. The molecular weight excluding hydrogens is 428 g/mol. The van der Waals surface area contributed by atoms with E-state index in [-0.39, 0.29) is 11.8 Å². The first-order valence-corrected chi connectivity index (χ1v) is 12.3. The number of aryl methyl sites for hydroxylation is 1. The molecule has 34 heavy (non-hydrogen) atoms. The van der Waals surface area contributed by atoms with Gasteiger partial charge in [-0.1, -0.05) is 18.2 Å². The maximum Gasteiger partial charge on any atom is 0.257 e. The van der Waals surface area contributed by atoms with Crippen molar-refractivity contribution in [3.8, 4) is 5.75 Å². The molecule has 2 aliphatic rings. The van der Waals surface area contributed by atoms with E-state index in [4.69, 9.17) is 4.74 Å². The molecule has 4 heterocycles. The van der Waals surface area contributed by atoms with Crippen LogP contribution in [-0.2, 0) is 11.4 Å². The molecule has 2 fully saturated rings. The molecule has 0 spiro atoms. The number of ether oxygens (including phenoxy) is 1. The molecule has 178 valence electrons. The number of fused-ring (bicyclic) bond motifs is 1. The average molecular weight is 461 g/mol. The molecule has 0 saturated carbocycles. The topological polar surface area (TPSA) is 67.2 Å². The average Bonchev–Trinajstić information content (AvgIpc) is 3.54. The van der Waals surface area contributed by atoms with Crippen LogP contribution in [0.3, 0.4) is 0 Å². The van der Waals surface area contributed by atoms with Crippen molar-refractivity contribution in [2.75, 3.05) is 26.2 Å². The van der Waals surface area contributed by atoms with Crippen molar-refractivity contribution in [2.45, 2.75) is 45.6 Å². The van der Waals surface area contributed by atoms with Gasteiger partial charge in [0, 0.05) is 45.0 Å². The Morgan fingerprint density at radius 2 is 1.76 bits per heavy atom. The van der Waals surface area contributed by atoms with E-state index in [1.165, 1.54) is 0 Å². The van der Waals surface area contributed by atoms with Crippen LogP contribution in [-0.4, -0.2) is 57.2 Å². The Morgan fingerprint density at radius 3 is 2.53 bits per heavy atom. The summed E-state index contributed by atoms with van der Waals surface area (Å²) in [5.74, 6) is 1.21. The van der Waals surface area contributed by atoms with Crippen molar-refractivity contribution < 1.29 is 14.3 Å². The van der Waals surface area contributed by atoms with Crippen LogP contribution in [0.2, 0.25) is 0 Å². The lowest BCUT2D eigenvalue weighted by Crippen LogP contribution is -2.40. The Morgan fingerprint density at radius 1 is 1.00 bits per heavy atom. The highest BCUT2D eigenvalue weighted by atomic mass is 16.5. The van der Waals surface area contributed by atoms with Gasteiger partial charge in [-0.15, -0.1) is 0 Å². The van der Waals surface area contributed by atoms with Crippen LogP contribution in [0.25, 0.3) is 5.65 Å². The third kappa shape index (κ3) is 4.79. The predicted molar refractivity (Wildman–Crippen MR) is 130 cm³/mol. The molecule has 2 aliphatic heterocycles. The Hall–Kier alpha value is -3.35. The molecule has 7 nitrogen and oxygen atoms in total. The Labute approximate surface area is 200 Å². The summed E-state index contributed by atoms with van der Waals surface area (Å²) in [7, 11) is 0. The van der Waals surface area contributed by atoms with E-state index >= 15 is 0 Å². The maximum absolute atomic E-state index is 13.3. The first-order chi connectivity index (χ1) is 16.6. The fraction of sp³-hybridized carbons (Fsp3) is 0.444. The van der Waals surface area contributed by atoms with Crippen molar-refractivity contribution >= 4 is 17.5 Å². The maximum atomic E-state index is 13.3. The SMILES string of the molecule is Cc1cccn2cc(COc3ccccc3C(=O)N3CCC(CC(=O)N4CCCC4)CC3)nc12. The second-order valence-corrected chi connectivity index (χ2v) is 9.47. The minimum atomic E-state index is -0.00855. The first kappa shape index (κ1) is 22.4. The number of likely N-dealkylation sites (tertiary alicyclic amines) is 2. The van der Waals surface area contributed by atoms with E-state index in [0.29, 0.717) is 43.3 Å². The van der Waals surface area contributed by atoms with Crippen molar-refractivity contribution in [1.82, 2.24) is 19.2 Å². The normalized spacial score (nSPS) is 16.9. The van der Waals surface area contributed by atoms with Crippen LogP contribution in [0.4, 0.5) is 0 Å². The van der Waals surface area contributed by atoms with Crippen LogP contribution < -0.4 is 4.74 Å². The fourth-order valence-electron chi connectivity index (χ4n) is 5.05. The lowest BCUT2D eigenvalue weighted by molar-refractivity contribution is -0.131. The second-order valence-electron chi connectivity index (χ2n) is 9.47. The van der Waals surface area contributed by atoms with Crippen LogP contribution in [0, 0.1) is 12.8 Å². The van der Waals surface area contributed by atoms with Crippen LogP contribution in [0.15, 0.2) is 48.8 Å². The van der Waals surface area contributed by atoms with Gasteiger partial charge in [0.2, 0.25) is 5.91 Å². The molecule has 7 heteroatoms. The molecule has 5 rings (SSSR count). The van der Waals surface area contributed by atoms with Crippen LogP contribution in [0.1, 0.15) is 53.7 Å². The third-order valence-electron chi connectivity index (χ3n) is 7.04. The van der Waals surface area contributed by atoms with E-state index in [1.54, 1.807) is 0 Å². The summed E-state index contributed by atoms with van der Waals surface area (Å²) in [6.07, 6.45) is 8.53. The third-order valence-corrected chi connectivity index (χ3v) is 7.04. The predicted octanol–water partition coefficient (Wildman–Crippen LogP) is 4.09. The standard InChI is InChI=1S/C27H32N4O3/c1-20-7-6-14-31-18-22(28-26(20)31)19-34-24-9-3-2-8-23(24)27(33)30-15-10-21(11-16-30)17-25(32)29-12-4-5-13-29/h2-3,6-9,14,18,21H,4-5,10-13,15-17,19H2,1H3. The van der Waals surface area contributed by atoms with Gasteiger partial charge in [-0.2, -0.15) is 0 Å². The summed E-state index contributed by atoms with van der Waals surface area (Å²) in [4.78, 5) is 34.3. The Bertz CT molecular complexity index is 1170. The quantitative estimate of drug-likeness (QED) is 0.556. The zero-order valence-electron chi connectivity index (χ0n) is 19.8. The van der Waals surface area contributed by atoms with Crippen LogP contribution in [0.5, 0.6) is 5.75 Å². The number of piperidine rings is 1. The summed E-state index contributed by atoms with van der Waals surface area (Å²) in [6.45, 7) is 5.50. The fourth-order valence-corrected chi connectivity index (χ4v) is 5.05. The molecule has 0 unspecified atom stereocenters. The van der Waals surface area contributed by atoms with Gasteiger partial charge in [0.25, 0.3) is 5.91 Å². The molecule has 0 radical (unpaired) electrons. The van der Waals surface area contributed by atoms with Gasteiger partial charge < -0.3 is 18.9 Å². The highest BCUT2D eigenvalue weighted by Gasteiger charge is 2.28. The number of nitrogens with zero attached hydrogens (tertiary/aromatic N) is 4. The smallest absolute Gasteiger partial charge is 0.257 e. The summed E-state index contributed by atoms with van der Waals surface area (Å²) in [5.41, 5.74) is 3.42.